The molecule has 20 heavy (non-hydrogen) atoms. The van der Waals surface area contributed by atoms with Crippen LogP contribution in [0.1, 0.15) is 29.7 Å². The average molecular weight is 357 g/mol. The van der Waals surface area contributed by atoms with Crippen LogP contribution < -0.4 is 5.32 Å². The van der Waals surface area contributed by atoms with Gasteiger partial charge >= 0.3 is 0 Å². The lowest BCUT2D eigenvalue weighted by Gasteiger charge is -2.20. The summed E-state index contributed by atoms with van der Waals surface area (Å²) in [6.07, 6.45) is 0. The van der Waals surface area contributed by atoms with Crippen molar-refractivity contribution in [2.24, 2.45) is 0 Å². The Hall–Kier alpha value is -1.06. The van der Waals surface area contributed by atoms with E-state index in [4.69, 9.17) is 11.6 Å². The van der Waals surface area contributed by atoms with Gasteiger partial charge in [-0.05, 0) is 60.0 Å². The number of anilines is 1. The number of halogens is 3. The summed E-state index contributed by atoms with van der Waals surface area (Å²) >= 11 is 9.44. The van der Waals surface area contributed by atoms with E-state index in [2.05, 4.69) is 60.2 Å². The second kappa shape index (κ2) is 6.15. The van der Waals surface area contributed by atoms with Crippen molar-refractivity contribution >= 4 is 33.2 Å². The molecule has 2 aromatic carbocycles. The number of hydrogen-bond donors (Lipinski definition) is 1. The maximum Gasteiger partial charge on any atom is 0.125 e. The van der Waals surface area contributed by atoms with Gasteiger partial charge in [0.2, 0.25) is 0 Å². The fourth-order valence-corrected chi connectivity index (χ4v) is 3.21. The first-order valence-corrected chi connectivity index (χ1v) is 7.54. The lowest BCUT2D eigenvalue weighted by Crippen LogP contribution is -2.09. The molecule has 1 nitrogen and oxygen atoms in total. The highest BCUT2D eigenvalue weighted by Crippen LogP contribution is 2.34. The van der Waals surface area contributed by atoms with Gasteiger partial charge in [0.05, 0.1) is 10.7 Å². The second-order valence-electron chi connectivity index (χ2n) is 4.97. The lowest BCUT2D eigenvalue weighted by atomic mass is 10.00. The fraction of sp³-hybridized carbons (Fsp3) is 0.250. The van der Waals surface area contributed by atoms with Crippen LogP contribution in [0.5, 0.6) is 0 Å². The molecule has 4 heteroatoms. The summed E-state index contributed by atoms with van der Waals surface area (Å²) in [5.74, 6) is -0.355. The van der Waals surface area contributed by atoms with Gasteiger partial charge in [0.1, 0.15) is 5.82 Å². The Morgan fingerprint density at radius 2 is 1.90 bits per heavy atom. The maximum absolute atomic E-state index is 13.2. The SMILES string of the molecule is Cc1ccc(C(C)Nc2c(Cl)cc(F)cc2Br)c(C)c1. The normalized spacial score (nSPS) is 12.3. The first kappa shape index (κ1) is 15.3. The van der Waals surface area contributed by atoms with Crippen LogP contribution >= 0.6 is 27.5 Å². The summed E-state index contributed by atoms with van der Waals surface area (Å²) in [6.45, 7) is 6.22. The molecular weight excluding hydrogens is 341 g/mol. The molecular formula is C16H16BrClFN. The van der Waals surface area contributed by atoms with Crippen molar-refractivity contribution in [1.82, 2.24) is 0 Å². The first-order valence-electron chi connectivity index (χ1n) is 6.36. The molecule has 0 aliphatic carbocycles. The average Bonchev–Trinajstić information content (AvgIpc) is 2.33. The summed E-state index contributed by atoms with van der Waals surface area (Å²) in [4.78, 5) is 0. The van der Waals surface area contributed by atoms with Crippen molar-refractivity contribution in [3.05, 3.63) is 62.3 Å². The fourth-order valence-electron chi connectivity index (χ4n) is 2.29. The van der Waals surface area contributed by atoms with Gasteiger partial charge in [-0.1, -0.05) is 35.4 Å². The summed E-state index contributed by atoms with van der Waals surface area (Å²) in [6, 6.07) is 9.13. The minimum Gasteiger partial charge on any atom is -0.376 e. The molecule has 1 atom stereocenters. The van der Waals surface area contributed by atoms with Gasteiger partial charge in [-0.3, -0.25) is 0 Å². The molecule has 106 valence electrons. The van der Waals surface area contributed by atoms with Crippen molar-refractivity contribution < 1.29 is 4.39 Å². The molecule has 0 saturated heterocycles. The van der Waals surface area contributed by atoms with Crippen LogP contribution in [0, 0.1) is 19.7 Å². The molecule has 0 aliphatic rings. The van der Waals surface area contributed by atoms with E-state index >= 15 is 0 Å². The Morgan fingerprint density at radius 3 is 2.50 bits per heavy atom. The standard InChI is InChI=1S/C16H16BrClFN/c1-9-4-5-13(10(2)6-9)11(3)20-16-14(17)7-12(19)8-15(16)18/h4-8,11,20H,1-3H3. The Balaban J connectivity index is 2.30. The van der Waals surface area contributed by atoms with E-state index in [1.807, 2.05) is 0 Å². The molecule has 2 aromatic rings. The van der Waals surface area contributed by atoms with E-state index < -0.39 is 0 Å². The number of aryl methyl sites for hydroxylation is 2. The number of hydrogen-bond acceptors (Lipinski definition) is 1. The zero-order valence-electron chi connectivity index (χ0n) is 11.6. The molecule has 0 aliphatic heterocycles. The number of nitrogens with one attached hydrogen (secondary N) is 1. The Kier molecular flexibility index (Phi) is 4.71. The highest BCUT2D eigenvalue weighted by molar-refractivity contribution is 9.10. The van der Waals surface area contributed by atoms with Crippen molar-refractivity contribution in [1.29, 1.82) is 0 Å². The van der Waals surface area contributed by atoms with Crippen molar-refractivity contribution in [3.8, 4) is 0 Å². The van der Waals surface area contributed by atoms with Crippen LogP contribution in [0.4, 0.5) is 10.1 Å². The molecule has 0 amide bonds. The van der Waals surface area contributed by atoms with Crippen LogP contribution in [0.25, 0.3) is 0 Å². The predicted molar refractivity (Wildman–Crippen MR) is 87.1 cm³/mol. The van der Waals surface area contributed by atoms with E-state index in [-0.39, 0.29) is 11.9 Å². The van der Waals surface area contributed by atoms with Gasteiger partial charge in [0.25, 0.3) is 0 Å². The van der Waals surface area contributed by atoms with Gasteiger partial charge in [0.15, 0.2) is 0 Å². The monoisotopic (exact) mass is 355 g/mol. The second-order valence-corrected chi connectivity index (χ2v) is 6.23. The van der Waals surface area contributed by atoms with Crippen LogP contribution in [-0.4, -0.2) is 0 Å². The van der Waals surface area contributed by atoms with E-state index in [9.17, 15) is 4.39 Å². The first-order chi connectivity index (χ1) is 9.38. The van der Waals surface area contributed by atoms with Gasteiger partial charge in [0, 0.05) is 10.5 Å². The van der Waals surface area contributed by atoms with Gasteiger partial charge in [-0.15, -0.1) is 0 Å². The summed E-state index contributed by atoms with van der Waals surface area (Å²) in [7, 11) is 0. The molecule has 0 fully saturated rings. The van der Waals surface area contributed by atoms with Crippen molar-refractivity contribution in [2.45, 2.75) is 26.8 Å². The van der Waals surface area contributed by atoms with Crippen LogP contribution in [0.3, 0.4) is 0 Å². The summed E-state index contributed by atoms with van der Waals surface area (Å²) in [5, 5.41) is 3.71. The minimum atomic E-state index is -0.355. The third-order valence-corrected chi connectivity index (χ3v) is 4.18. The summed E-state index contributed by atoms with van der Waals surface area (Å²) in [5.41, 5.74) is 4.36. The van der Waals surface area contributed by atoms with Crippen molar-refractivity contribution in [2.75, 3.05) is 5.32 Å². The van der Waals surface area contributed by atoms with E-state index in [1.165, 1.54) is 28.8 Å². The van der Waals surface area contributed by atoms with E-state index in [0.29, 0.717) is 15.2 Å². The van der Waals surface area contributed by atoms with Crippen LogP contribution in [0.15, 0.2) is 34.8 Å². The number of rotatable bonds is 3. The number of benzene rings is 2. The summed E-state index contributed by atoms with van der Waals surface area (Å²) < 4.78 is 13.9. The Bertz CT molecular complexity index is 619. The van der Waals surface area contributed by atoms with Crippen molar-refractivity contribution in [3.63, 3.8) is 0 Å². The molecule has 2 rings (SSSR count). The molecule has 0 spiro atoms. The molecule has 0 aromatic heterocycles. The topological polar surface area (TPSA) is 12.0 Å². The Labute approximate surface area is 132 Å². The smallest absolute Gasteiger partial charge is 0.125 e. The molecule has 0 saturated carbocycles. The van der Waals surface area contributed by atoms with Crippen LogP contribution in [0.2, 0.25) is 5.02 Å². The van der Waals surface area contributed by atoms with Gasteiger partial charge in [-0.2, -0.15) is 0 Å². The zero-order valence-corrected chi connectivity index (χ0v) is 13.9. The van der Waals surface area contributed by atoms with E-state index in [1.54, 1.807) is 0 Å². The third kappa shape index (κ3) is 3.33. The third-order valence-electron chi connectivity index (χ3n) is 3.26. The lowest BCUT2D eigenvalue weighted by molar-refractivity contribution is 0.627. The molecule has 0 heterocycles. The molecule has 1 unspecified atom stereocenters. The molecule has 1 N–H and O–H groups in total. The quantitative estimate of drug-likeness (QED) is 0.708. The van der Waals surface area contributed by atoms with Gasteiger partial charge in [-0.25, -0.2) is 4.39 Å². The van der Waals surface area contributed by atoms with Crippen LogP contribution in [-0.2, 0) is 0 Å². The van der Waals surface area contributed by atoms with Gasteiger partial charge < -0.3 is 5.32 Å². The minimum absolute atomic E-state index is 0.0786. The van der Waals surface area contributed by atoms with E-state index in [0.717, 1.165) is 0 Å². The highest BCUT2D eigenvalue weighted by atomic mass is 79.9. The zero-order chi connectivity index (χ0) is 14.9. The predicted octanol–water partition coefficient (Wildman–Crippen LogP) is 6.03. The Morgan fingerprint density at radius 1 is 1.20 bits per heavy atom. The molecule has 0 bridgehead atoms. The molecule has 0 radical (unpaired) electrons. The highest BCUT2D eigenvalue weighted by Gasteiger charge is 2.13. The maximum atomic E-state index is 13.2. The largest absolute Gasteiger partial charge is 0.376 e.